The van der Waals surface area contributed by atoms with E-state index in [1.165, 1.54) is 22.3 Å². The van der Waals surface area contributed by atoms with Gasteiger partial charge in [-0.25, -0.2) is 29.8 Å². The SMILES string of the molecule is [C-]#[N+]c1ccc2c(c1)c1ccccc1n2-c1ccc(-c2nc(-c3cc(C(C)(C)C)cc(C(C)(C)C)c3)nc(-c3cc(C(C)(C)C)cc(C(C)(C)C)c3)n2)cc1-c1cc(-c2ccccc2)nc(-c2ccccc2)n1. The normalized spacial score (nSPS) is 12.4. The van der Waals surface area contributed by atoms with E-state index in [9.17, 15) is 0 Å². The van der Waals surface area contributed by atoms with Gasteiger partial charge in [0, 0.05) is 38.8 Å². The fraction of sp³-hybridized carbons (Fsp3) is 0.242. The Labute approximate surface area is 431 Å². The highest BCUT2D eigenvalue weighted by molar-refractivity contribution is 6.11. The molecule has 7 nitrogen and oxygen atoms in total. The average molecular weight is 954 g/mol. The molecule has 0 atom stereocenters. The molecule has 10 rings (SSSR count). The molecule has 73 heavy (non-hydrogen) atoms. The molecular weight excluding hydrogens is 891 g/mol. The lowest BCUT2D eigenvalue weighted by atomic mass is 9.79. The first-order valence-electron chi connectivity index (χ1n) is 25.3. The Hall–Kier alpha value is -8.08. The molecule has 0 bridgehead atoms. The van der Waals surface area contributed by atoms with Gasteiger partial charge in [-0.1, -0.05) is 180 Å². The lowest BCUT2D eigenvalue weighted by molar-refractivity contribution is 0.568. The summed E-state index contributed by atoms with van der Waals surface area (Å²) in [6, 6.07) is 57.1. The summed E-state index contributed by atoms with van der Waals surface area (Å²) in [5, 5.41) is 2.06. The van der Waals surface area contributed by atoms with E-state index in [0.29, 0.717) is 29.0 Å². The second kappa shape index (κ2) is 18.2. The molecular formula is C66H63N7. The van der Waals surface area contributed by atoms with E-state index in [2.05, 4.69) is 208 Å². The minimum absolute atomic E-state index is 0.124. The van der Waals surface area contributed by atoms with Crippen molar-refractivity contribution in [1.82, 2.24) is 29.5 Å². The highest BCUT2D eigenvalue weighted by Gasteiger charge is 2.26. The topological polar surface area (TPSA) is 73.7 Å². The van der Waals surface area contributed by atoms with E-state index in [0.717, 1.165) is 72.3 Å². The predicted molar refractivity (Wildman–Crippen MR) is 303 cm³/mol. The minimum Gasteiger partial charge on any atom is -0.309 e. The van der Waals surface area contributed by atoms with E-state index in [1.54, 1.807) is 0 Å². The molecule has 0 spiro atoms. The molecule has 0 radical (unpaired) electrons. The Morgan fingerprint density at radius 3 is 1.33 bits per heavy atom. The van der Waals surface area contributed by atoms with Gasteiger partial charge in [0.2, 0.25) is 0 Å². The summed E-state index contributed by atoms with van der Waals surface area (Å²) >= 11 is 0. The highest BCUT2D eigenvalue weighted by atomic mass is 15.0. The summed E-state index contributed by atoms with van der Waals surface area (Å²) in [5.74, 6) is 2.38. The van der Waals surface area contributed by atoms with E-state index in [1.807, 2.05) is 48.5 Å². The number of fused-ring (bicyclic) bond motifs is 3. The summed E-state index contributed by atoms with van der Waals surface area (Å²) in [6.45, 7) is 35.1. The lowest BCUT2D eigenvalue weighted by Crippen LogP contribution is -2.17. The highest BCUT2D eigenvalue weighted by Crippen LogP contribution is 2.42. The second-order valence-corrected chi connectivity index (χ2v) is 23.5. The Balaban J connectivity index is 1.30. The molecule has 7 heteroatoms. The van der Waals surface area contributed by atoms with Gasteiger partial charge in [-0.15, -0.1) is 0 Å². The monoisotopic (exact) mass is 954 g/mol. The predicted octanol–water partition coefficient (Wildman–Crippen LogP) is 17.5. The van der Waals surface area contributed by atoms with Gasteiger partial charge in [-0.2, -0.15) is 0 Å². The molecule has 0 amide bonds. The molecule has 7 aromatic carbocycles. The first kappa shape index (κ1) is 48.5. The fourth-order valence-electron chi connectivity index (χ4n) is 9.43. The second-order valence-electron chi connectivity index (χ2n) is 23.5. The first-order chi connectivity index (χ1) is 34.6. The van der Waals surface area contributed by atoms with Crippen molar-refractivity contribution < 1.29 is 0 Å². The standard InChI is InChI=1S/C66H63N7/c1-63(2,3)46-32-44(33-47(37-46)64(4,5)6)61-70-60(71-62(72-61)45-34-48(65(7,8)9)38-49(35-45)66(10,11)12)43-28-30-58(73-56-27-21-20-26-51(56)52-39-50(67-13)29-31-57(52)73)53(36-43)55-40-54(41-22-16-14-17-23-41)68-59(69-55)42-24-18-15-19-25-42/h14-40H,1-12H3. The van der Waals surface area contributed by atoms with Crippen LogP contribution in [-0.4, -0.2) is 29.5 Å². The number of nitrogens with zero attached hydrogens (tertiary/aromatic N) is 7. The summed E-state index contributed by atoms with van der Waals surface area (Å²) in [6.07, 6.45) is 0. The fourth-order valence-corrected chi connectivity index (χ4v) is 9.43. The molecule has 0 fully saturated rings. The zero-order chi connectivity index (χ0) is 51.6. The van der Waals surface area contributed by atoms with Gasteiger partial charge in [-0.05, 0) is 116 Å². The Morgan fingerprint density at radius 2 is 0.808 bits per heavy atom. The number of para-hydroxylation sites is 1. The number of rotatable bonds is 7. The molecule has 0 saturated carbocycles. The number of benzene rings is 7. The first-order valence-corrected chi connectivity index (χ1v) is 25.3. The van der Waals surface area contributed by atoms with E-state index < -0.39 is 0 Å². The van der Waals surface area contributed by atoms with Gasteiger partial charge in [0.15, 0.2) is 29.0 Å². The number of aromatic nitrogens is 6. The smallest absolute Gasteiger partial charge is 0.188 e. The molecule has 0 aliphatic carbocycles. The van der Waals surface area contributed by atoms with Crippen molar-refractivity contribution in [3.8, 4) is 73.8 Å². The van der Waals surface area contributed by atoms with Crippen LogP contribution in [0.4, 0.5) is 5.69 Å². The van der Waals surface area contributed by atoms with Crippen LogP contribution in [0.2, 0.25) is 0 Å². The van der Waals surface area contributed by atoms with Crippen LogP contribution in [0.25, 0.3) is 100 Å². The molecule has 10 aromatic rings. The molecule has 0 N–H and O–H groups in total. The lowest BCUT2D eigenvalue weighted by Gasteiger charge is -2.26. The van der Waals surface area contributed by atoms with Crippen LogP contribution in [0, 0.1) is 6.57 Å². The molecule has 0 aliphatic rings. The van der Waals surface area contributed by atoms with Crippen LogP contribution in [0.5, 0.6) is 0 Å². The van der Waals surface area contributed by atoms with Crippen LogP contribution in [-0.2, 0) is 21.7 Å². The van der Waals surface area contributed by atoms with Crippen molar-refractivity contribution in [3.05, 3.63) is 197 Å². The van der Waals surface area contributed by atoms with Crippen LogP contribution >= 0.6 is 0 Å². The van der Waals surface area contributed by atoms with Gasteiger partial charge >= 0.3 is 0 Å². The van der Waals surface area contributed by atoms with E-state index in [4.69, 9.17) is 31.5 Å². The van der Waals surface area contributed by atoms with Gasteiger partial charge in [0.05, 0.1) is 34.7 Å². The maximum absolute atomic E-state index is 7.91. The van der Waals surface area contributed by atoms with Crippen LogP contribution in [0.1, 0.15) is 105 Å². The zero-order valence-electron chi connectivity index (χ0n) is 44.2. The van der Waals surface area contributed by atoms with Gasteiger partial charge < -0.3 is 4.57 Å². The van der Waals surface area contributed by atoms with Gasteiger partial charge in [0.1, 0.15) is 0 Å². The molecule has 362 valence electrons. The molecule has 0 aliphatic heterocycles. The molecule has 3 heterocycles. The number of hydrogen-bond donors (Lipinski definition) is 0. The third-order valence-corrected chi connectivity index (χ3v) is 13.9. The largest absolute Gasteiger partial charge is 0.309 e. The van der Waals surface area contributed by atoms with Crippen molar-refractivity contribution in [2.45, 2.75) is 105 Å². The maximum Gasteiger partial charge on any atom is 0.188 e. The maximum atomic E-state index is 7.91. The molecule has 0 unspecified atom stereocenters. The molecule has 0 saturated heterocycles. The Kier molecular flexibility index (Phi) is 12.1. The summed E-state index contributed by atoms with van der Waals surface area (Å²) in [7, 11) is 0. The number of hydrogen-bond acceptors (Lipinski definition) is 5. The molecule has 3 aromatic heterocycles. The van der Waals surface area contributed by atoms with Crippen molar-refractivity contribution >= 4 is 27.5 Å². The summed E-state index contributed by atoms with van der Waals surface area (Å²) < 4.78 is 2.30. The quantitative estimate of drug-likeness (QED) is 0.149. The summed E-state index contributed by atoms with van der Waals surface area (Å²) in [4.78, 5) is 30.8. The zero-order valence-corrected chi connectivity index (χ0v) is 44.2. The van der Waals surface area contributed by atoms with Crippen LogP contribution in [0.15, 0.2) is 164 Å². The Bertz CT molecular complexity index is 3560. The van der Waals surface area contributed by atoms with Gasteiger partial charge in [0.25, 0.3) is 0 Å². The van der Waals surface area contributed by atoms with E-state index in [-0.39, 0.29) is 21.7 Å². The van der Waals surface area contributed by atoms with Crippen LogP contribution in [0.3, 0.4) is 0 Å². The Morgan fingerprint density at radius 1 is 0.356 bits per heavy atom. The third-order valence-electron chi connectivity index (χ3n) is 13.9. The average Bonchev–Trinajstić information content (AvgIpc) is 3.70. The van der Waals surface area contributed by atoms with Crippen molar-refractivity contribution in [2.24, 2.45) is 0 Å². The van der Waals surface area contributed by atoms with Gasteiger partial charge in [-0.3, -0.25) is 0 Å². The van der Waals surface area contributed by atoms with Crippen LogP contribution < -0.4 is 0 Å². The van der Waals surface area contributed by atoms with E-state index >= 15 is 0 Å². The third kappa shape index (κ3) is 9.70. The summed E-state index contributed by atoms with van der Waals surface area (Å²) in [5.41, 5.74) is 14.9. The van der Waals surface area contributed by atoms with Crippen molar-refractivity contribution in [1.29, 1.82) is 0 Å². The van der Waals surface area contributed by atoms with Crippen molar-refractivity contribution in [2.75, 3.05) is 0 Å². The van der Waals surface area contributed by atoms with Crippen molar-refractivity contribution in [3.63, 3.8) is 0 Å². The minimum atomic E-state index is -0.124.